The molecule has 0 aliphatic carbocycles. The van der Waals surface area contributed by atoms with Crippen molar-refractivity contribution in [3.63, 3.8) is 0 Å². The van der Waals surface area contributed by atoms with Crippen LogP contribution in [0.25, 0.3) is 0 Å². The average molecular weight is 256 g/mol. The Morgan fingerprint density at radius 1 is 1.47 bits per heavy atom. The molecule has 3 heteroatoms. The molecule has 0 spiro atoms. The molecule has 94 valence electrons. The van der Waals surface area contributed by atoms with Gasteiger partial charge in [0.05, 0.1) is 5.02 Å². The van der Waals surface area contributed by atoms with Gasteiger partial charge in [0.15, 0.2) is 0 Å². The molecule has 17 heavy (non-hydrogen) atoms. The largest absolute Gasteiger partial charge is 0.310 e. The smallest absolute Gasteiger partial charge is 0.141 e. The lowest BCUT2D eigenvalue weighted by atomic mass is 9.98. The molecule has 0 saturated carbocycles. The second kappa shape index (κ2) is 6.77. The van der Waals surface area contributed by atoms with Gasteiger partial charge in [-0.25, -0.2) is 4.39 Å². The van der Waals surface area contributed by atoms with Crippen LogP contribution >= 0.6 is 11.6 Å². The van der Waals surface area contributed by atoms with Crippen LogP contribution in [0.2, 0.25) is 5.02 Å². The van der Waals surface area contributed by atoms with Gasteiger partial charge in [-0.3, -0.25) is 0 Å². The summed E-state index contributed by atoms with van der Waals surface area (Å²) in [7, 11) is 0. The molecule has 1 aromatic rings. The first kappa shape index (κ1) is 14.2. The van der Waals surface area contributed by atoms with E-state index in [4.69, 9.17) is 11.6 Å². The van der Waals surface area contributed by atoms with Crippen LogP contribution in [0.3, 0.4) is 0 Å². The third-order valence-corrected chi connectivity index (χ3v) is 3.08. The molecule has 1 atom stereocenters. The van der Waals surface area contributed by atoms with E-state index < -0.39 is 0 Å². The minimum absolute atomic E-state index is 0.158. The predicted octanol–water partition coefficient (Wildman–Crippen LogP) is 4.49. The fraction of sp³-hybridized carbons (Fsp3) is 0.429. The number of nitrogens with one attached hydrogen (secondary N) is 1. The van der Waals surface area contributed by atoms with E-state index in [2.05, 4.69) is 18.8 Å². The maximum absolute atomic E-state index is 13.1. The summed E-state index contributed by atoms with van der Waals surface area (Å²) in [5, 5.41) is 3.54. The molecule has 1 rings (SSSR count). The van der Waals surface area contributed by atoms with Gasteiger partial charge in [0, 0.05) is 6.04 Å². The summed E-state index contributed by atoms with van der Waals surface area (Å²) < 4.78 is 13.1. The molecular weight excluding hydrogens is 237 g/mol. The molecule has 0 radical (unpaired) electrons. The van der Waals surface area contributed by atoms with E-state index in [-0.39, 0.29) is 16.9 Å². The Morgan fingerprint density at radius 3 is 2.71 bits per heavy atom. The number of halogens is 2. The van der Waals surface area contributed by atoms with Crippen LogP contribution in [0.15, 0.2) is 30.4 Å². The van der Waals surface area contributed by atoms with Crippen LogP contribution in [0.4, 0.5) is 4.39 Å². The van der Waals surface area contributed by atoms with E-state index in [1.165, 1.54) is 11.6 Å². The van der Waals surface area contributed by atoms with Gasteiger partial charge in [0.2, 0.25) is 0 Å². The number of hydrogen-bond acceptors (Lipinski definition) is 1. The van der Waals surface area contributed by atoms with Crippen molar-refractivity contribution in [1.29, 1.82) is 0 Å². The van der Waals surface area contributed by atoms with Gasteiger partial charge in [-0.2, -0.15) is 0 Å². The van der Waals surface area contributed by atoms with Gasteiger partial charge in [-0.15, -0.1) is 0 Å². The normalized spacial score (nSPS) is 12.5. The second-order valence-corrected chi connectivity index (χ2v) is 4.50. The molecule has 0 bridgehead atoms. The SMILES string of the molecule is C=C(CC)CC(NCC)c1ccc(F)c(Cl)c1. The number of hydrogen-bond donors (Lipinski definition) is 1. The van der Waals surface area contributed by atoms with E-state index in [0.29, 0.717) is 0 Å². The molecule has 0 fully saturated rings. The fourth-order valence-corrected chi connectivity index (χ4v) is 1.91. The van der Waals surface area contributed by atoms with Crippen molar-refractivity contribution >= 4 is 11.6 Å². The van der Waals surface area contributed by atoms with Crippen LogP contribution in [0, 0.1) is 5.82 Å². The molecule has 0 saturated heterocycles. The Balaban J connectivity index is 2.88. The van der Waals surface area contributed by atoms with E-state index in [0.717, 1.165) is 24.9 Å². The molecule has 0 aromatic heterocycles. The first-order valence-electron chi connectivity index (χ1n) is 5.93. The zero-order valence-electron chi connectivity index (χ0n) is 10.4. The molecule has 0 heterocycles. The third kappa shape index (κ3) is 4.14. The first-order chi connectivity index (χ1) is 8.08. The van der Waals surface area contributed by atoms with Gasteiger partial charge >= 0.3 is 0 Å². The molecule has 1 aromatic carbocycles. The molecule has 1 unspecified atom stereocenters. The Bertz CT molecular complexity index is 390. The van der Waals surface area contributed by atoms with E-state index >= 15 is 0 Å². The molecule has 1 nitrogen and oxygen atoms in total. The van der Waals surface area contributed by atoms with Crippen LogP contribution in [-0.2, 0) is 0 Å². The highest BCUT2D eigenvalue weighted by molar-refractivity contribution is 6.30. The molecular formula is C14H19ClFN. The zero-order chi connectivity index (χ0) is 12.8. The van der Waals surface area contributed by atoms with Crippen LogP contribution < -0.4 is 5.32 Å². The first-order valence-corrected chi connectivity index (χ1v) is 6.31. The second-order valence-electron chi connectivity index (χ2n) is 4.09. The molecule has 0 aliphatic heterocycles. The Hall–Kier alpha value is -0.860. The highest BCUT2D eigenvalue weighted by Gasteiger charge is 2.12. The van der Waals surface area contributed by atoms with Gasteiger partial charge in [-0.1, -0.05) is 43.7 Å². The summed E-state index contributed by atoms with van der Waals surface area (Å²) in [4.78, 5) is 0. The zero-order valence-corrected chi connectivity index (χ0v) is 11.1. The standard InChI is InChI=1S/C14H19ClFN/c1-4-10(3)8-14(17-5-2)11-6-7-13(16)12(15)9-11/h6-7,9,14,17H,3-5,8H2,1-2H3. The van der Waals surface area contributed by atoms with Crippen LogP contribution in [0.1, 0.15) is 38.3 Å². The van der Waals surface area contributed by atoms with Crippen LogP contribution in [-0.4, -0.2) is 6.54 Å². The van der Waals surface area contributed by atoms with Gasteiger partial charge < -0.3 is 5.32 Å². The van der Waals surface area contributed by atoms with Gasteiger partial charge in [-0.05, 0) is 37.1 Å². The lowest BCUT2D eigenvalue weighted by Gasteiger charge is -2.19. The third-order valence-electron chi connectivity index (χ3n) is 2.79. The summed E-state index contributed by atoms with van der Waals surface area (Å²) in [6.07, 6.45) is 1.81. The Morgan fingerprint density at radius 2 is 2.18 bits per heavy atom. The van der Waals surface area contributed by atoms with Gasteiger partial charge in [0.25, 0.3) is 0 Å². The van der Waals surface area contributed by atoms with Crippen LogP contribution in [0.5, 0.6) is 0 Å². The highest BCUT2D eigenvalue weighted by Crippen LogP contribution is 2.25. The minimum Gasteiger partial charge on any atom is -0.310 e. The van der Waals surface area contributed by atoms with Crippen molar-refractivity contribution in [2.24, 2.45) is 0 Å². The lowest BCUT2D eigenvalue weighted by Crippen LogP contribution is -2.21. The van der Waals surface area contributed by atoms with Gasteiger partial charge in [0.1, 0.15) is 5.82 Å². The Kier molecular flexibility index (Phi) is 5.66. The molecule has 1 N–H and O–H groups in total. The van der Waals surface area contributed by atoms with E-state index in [9.17, 15) is 4.39 Å². The average Bonchev–Trinajstić information content (AvgIpc) is 2.32. The predicted molar refractivity (Wildman–Crippen MR) is 71.9 cm³/mol. The maximum Gasteiger partial charge on any atom is 0.141 e. The lowest BCUT2D eigenvalue weighted by molar-refractivity contribution is 0.541. The monoisotopic (exact) mass is 255 g/mol. The summed E-state index contributed by atoms with van der Waals surface area (Å²) >= 11 is 5.80. The van der Waals surface area contributed by atoms with Crippen molar-refractivity contribution in [1.82, 2.24) is 5.32 Å². The molecule has 0 aliphatic rings. The topological polar surface area (TPSA) is 12.0 Å². The van der Waals surface area contributed by atoms with Crippen molar-refractivity contribution < 1.29 is 4.39 Å². The quantitative estimate of drug-likeness (QED) is 0.739. The summed E-state index contributed by atoms with van der Waals surface area (Å²) in [5.41, 5.74) is 2.18. The Labute approximate surface area is 108 Å². The van der Waals surface area contributed by atoms with E-state index in [1.54, 1.807) is 12.1 Å². The summed E-state index contributed by atoms with van der Waals surface area (Å²) in [6.45, 7) is 9.01. The molecule has 0 amide bonds. The highest BCUT2D eigenvalue weighted by atomic mass is 35.5. The summed E-state index contributed by atoms with van der Waals surface area (Å²) in [5.74, 6) is -0.375. The summed E-state index contributed by atoms with van der Waals surface area (Å²) in [6, 6.07) is 5.03. The minimum atomic E-state index is -0.375. The van der Waals surface area contributed by atoms with Crippen molar-refractivity contribution in [2.45, 2.75) is 32.7 Å². The van der Waals surface area contributed by atoms with Crippen molar-refractivity contribution in [2.75, 3.05) is 6.54 Å². The number of rotatable bonds is 6. The van der Waals surface area contributed by atoms with Crippen molar-refractivity contribution in [3.05, 3.63) is 46.8 Å². The van der Waals surface area contributed by atoms with Crippen molar-refractivity contribution in [3.8, 4) is 0 Å². The number of benzene rings is 1. The fourth-order valence-electron chi connectivity index (χ4n) is 1.72. The maximum atomic E-state index is 13.1. The van der Waals surface area contributed by atoms with E-state index in [1.807, 2.05) is 6.92 Å².